The lowest BCUT2D eigenvalue weighted by Gasteiger charge is -2.13. The summed E-state index contributed by atoms with van der Waals surface area (Å²) in [5.74, 6) is 0. The lowest BCUT2D eigenvalue weighted by atomic mass is 9.97. The molecule has 2 heteroatoms. The first-order valence-electron chi connectivity index (χ1n) is 5.40. The van der Waals surface area contributed by atoms with Crippen LogP contribution in [0.4, 0.5) is 0 Å². The summed E-state index contributed by atoms with van der Waals surface area (Å²) in [4.78, 5) is 0. The second-order valence-corrected chi connectivity index (χ2v) is 3.99. The van der Waals surface area contributed by atoms with Crippen molar-refractivity contribution in [2.75, 3.05) is 0 Å². The van der Waals surface area contributed by atoms with Crippen LogP contribution in [0.15, 0.2) is 48.5 Å². The number of benzene rings is 2. The zero-order chi connectivity index (χ0) is 11.0. The van der Waals surface area contributed by atoms with Gasteiger partial charge in [0.2, 0.25) is 0 Å². The highest BCUT2D eigenvalue weighted by molar-refractivity contribution is 5.85. The van der Waals surface area contributed by atoms with Crippen molar-refractivity contribution in [2.24, 2.45) is 0 Å². The smallest absolute Gasteiger partial charge is 0.105 e. The molecule has 0 bridgehead atoms. The van der Waals surface area contributed by atoms with Crippen LogP contribution in [0.2, 0.25) is 0 Å². The zero-order valence-electron chi connectivity index (χ0n) is 9.21. The molecule has 0 spiro atoms. The fraction of sp³-hybridized carbons (Fsp3) is 0.0667. The summed E-state index contributed by atoms with van der Waals surface area (Å²) < 4.78 is 0. The Hall–Kier alpha value is -1.57. The fourth-order valence-corrected chi connectivity index (χ4v) is 2.17. The van der Waals surface area contributed by atoms with Crippen LogP contribution in [-0.4, -0.2) is 5.11 Å². The number of fused-ring (bicyclic) bond motifs is 2. The molecule has 2 aromatic rings. The summed E-state index contributed by atoms with van der Waals surface area (Å²) in [6.45, 7) is 0. The van der Waals surface area contributed by atoms with E-state index >= 15 is 0 Å². The van der Waals surface area contributed by atoms with E-state index in [4.69, 9.17) is 0 Å². The molecular weight excluding hydrogens is 232 g/mol. The number of aliphatic hydroxyl groups is 1. The lowest BCUT2D eigenvalue weighted by molar-refractivity contribution is 0.220. The van der Waals surface area contributed by atoms with Crippen LogP contribution < -0.4 is 0 Å². The first kappa shape index (κ1) is 11.9. The minimum atomic E-state index is -0.526. The third kappa shape index (κ3) is 1.99. The van der Waals surface area contributed by atoms with Gasteiger partial charge in [0.25, 0.3) is 0 Å². The van der Waals surface area contributed by atoms with E-state index in [0.717, 1.165) is 22.3 Å². The van der Waals surface area contributed by atoms with Crippen LogP contribution in [0.25, 0.3) is 12.2 Å². The van der Waals surface area contributed by atoms with Crippen LogP contribution in [0.3, 0.4) is 0 Å². The number of aliphatic hydroxyl groups excluding tert-OH is 1. The van der Waals surface area contributed by atoms with Gasteiger partial charge in [-0.05, 0) is 22.3 Å². The molecule has 0 heterocycles. The van der Waals surface area contributed by atoms with Crippen molar-refractivity contribution in [1.29, 1.82) is 0 Å². The van der Waals surface area contributed by atoms with E-state index in [9.17, 15) is 5.11 Å². The van der Waals surface area contributed by atoms with E-state index in [-0.39, 0.29) is 12.4 Å². The molecule has 0 aliphatic heterocycles. The van der Waals surface area contributed by atoms with Gasteiger partial charge in [0.1, 0.15) is 6.10 Å². The Balaban J connectivity index is 0.00000108. The van der Waals surface area contributed by atoms with Crippen LogP contribution >= 0.6 is 12.4 Å². The first-order chi connectivity index (χ1) is 7.86. The van der Waals surface area contributed by atoms with Crippen molar-refractivity contribution in [2.45, 2.75) is 6.10 Å². The molecule has 0 atom stereocenters. The number of hydrogen-bond donors (Lipinski definition) is 1. The average Bonchev–Trinajstić information content (AvgIpc) is 2.49. The Morgan fingerprint density at radius 2 is 1.12 bits per heavy atom. The number of rotatable bonds is 0. The van der Waals surface area contributed by atoms with E-state index in [1.54, 1.807) is 0 Å². The molecule has 1 aliphatic carbocycles. The van der Waals surface area contributed by atoms with Crippen molar-refractivity contribution in [3.05, 3.63) is 70.8 Å². The third-order valence-electron chi connectivity index (χ3n) is 3.02. The normalized spacial score (nSPS) is 13.2. The minimum Gasteiger partial charge on any atom is -0.384 e. The molecule has 2 aromatic carbocycles. The Labute approximate surface area is 107 Å². The van der Waals surface area contributed by atoms with Gasteiger partial charge in [-0.3, -0.25) is 0 Å². The molecule has 0 amide bonds. The van der Waals surface area contributed by atoms with E-state index in [1.165, 1.54) is 0 Å². The quantitative estimate of drug-likeness (QED) is 0.750. The Bertz CT molecular complexity index is 511. The zero-order valence-corrected chi connectivity index (χ0v) is 10.0. The predicted molar refractivity (Wildman–Crippen MR) is 73.1 cm³/mol. The highest BCUT2D eigenvalue weighted by Gasteiger charge is 2.17. The molecule has 1 nitrogen and oxygen atoms in total. The second kappa shape index (κ2) is 4.74. The van der Waals surface area contributed by atoms with Crippen LogP contribution in [-0.2, 0) is 0 Å². The average molecular weight is 245 g/mol. The minimum absolute atomic E-state index is 0. The Morgan fingerprint density at radius 3 is 1.59 bits per heavy atom. The topological polar surface area (TPSA) is 20.2 Å². The van der Waals surface area contributed by atoms with Gasteiger partial charge in [0, 0.05) is 0 Å². The van der Waals surface area contributed by atoms with Gasteiger partial charge in [-0.1, -0.05) is 60.7 Å². The van der Waals surface area contributed by atoms with Crippen molar-refractivity contribution in [3.63, 3.8) is 0 Å². The van der Waals surface area contributed by atoms with Gasteiger partial charge in [-0.15, -0.1) is 12.4 Å². The summed E-state index contributed by atoms with van der Waals surface area (Å²) in [6, 6.07) is 15.9. The van der Waals surface area contributed by atoms with E-state index in [0.29, 0.717) is 0 Å². The van der Waals surface area contributed by atoms with E-state index in [1.807, 2.05) is 48.5 Å². The molecule has 1 N–H and O–H groups in total. The van der Waals surface area contributed by atoms with Crippen LogP contribution in [0, 0.1) is 0 Å². The van der Waals surface area contributed by atoms with Gasteiger partial charge < -0.3 is 5.11 Å². The Kier molecular flexibility index (Phi) is 3.32. The van der Waals surface area contributed by atoms with Gasteiger partial charge in [-0.2, -0.15) is 0 Å². The van der Waals surface area contributed by atoms with Gasteiger partial charge in [-0.25, -0.2) is 0 Å². The molecule has 0 aromatic heterocycles. The van der Waals surface area contributed by atoms with Crippen molar-refractivity contribution < 1.29 is 5.11 Å². The van der Waals surface area contributed by atoms with Crippen LogP contribution in [0.5, 0.6) is 0 Å². The summed E-state index contributed by atoms with van der Waals surface area (Å²) in [5, 5.41) is 10.4. The fourth-order valence-electron chi connectivity index (χ4n) is 2.17. The van der Waals surface area contributed by atoms with Crippen LogP contribution in [0.1, 0.15) is 28.4 Å². The molecule has 0 saturated carbocycles. The van der Waals surface area contributed by atoms with Crippen molar-refractivity contribution >= 4 is 24.6 Å². The predicted octanol–water partition coefficient (Wildman–Crippen LogP) is 3.67. The highest BCUT2D eigenvalue weighted by atomic mass is 35.5. The largest absolute Gasteiger partial charge is 0.384 e. The van der Waals surface area contributed by atoms with Gasteiger partial charge in [0.15, 0.2) is 0 Å². The molecule has 17 heavy (non-hydrogen) atoms. The van der Waals surface area contributed by atoms with E-state index in [2.05, 4.69) is 12.2 Å². The highest BCUT2D eigenvalue weighted by Crippen LogP contribution is 2.32. The first-order valence-corrected chi connectivity index (χ1v) is 5.40. The lowest BCUT2D eigenvalue weighted by Crippen LogP contribution is -2.01. The maximum Gasteiger partial charge on any atom is 0.105 e. The third-order valence-corrected chi connectivity index (χ3v) is 3.02. The second-order valence-electron chi connectivity index (χ2n) is 3.99. The summed E-state index contributed by atoms with van der Waals surface area (Å²) >= 11 is 0. The molecule has 0 fully saturated rings. The molecule has 0 saturated heterocycles. The van der Waals surface area contributed by atoms with Gasteiger partial charge in [0.05, 0.1) is 0 Å². The number of hydrogen-bond acceptors (Lipinski definition) is 1. The molecular formula is C15H13ClO. The van der Waals surface area contributed by atoms with Gasteiger partial charge >= 0.3 is 0 Å². The maximum absolute atomic E-state index is 10.4. The Morgan fingerprint density at radius 1 is 0.706 bits per heavy atom. The molecule has 0 unspecified atom stereocenters. The maximum atomic E-state index is 10.4. The van der Waals surface area contributed by atoms with E-state index < -0.39 is 6.10 Å². The van der Waals surface area contributed by atoms with Crippen molar-refractivity contribution in [1.82, 2.24) is 0 Å². The summed E-state index contributed by atoms with van der Waals surface area (Å²) in [5.41, 5.74) is 4.13. The molecule has 86 valence electrons. The standard InChI is InChI=1S/C15H12O.ClH/c16-15-13-7-3-1-5-11(13)9-10-12-6-2-4-8-14(12)15;/h1-10,15-16H;1H. The number of halogens is 1. The SMILES string of the molecule is Cl.OC1c2ccccc2C=Cc2ccccc21. The van der Waals surface area contributed by atoms with Crippen molar-refractivity contribution in [3.8, 4) is 0 Å². The molecule has 1 aliphatic rings. The summed E-state index contributed by atoms with van der Waals surface area (Å²) in [6.07, 6.45) is 3.59. The molecule has 0 radical (unpaired) electrons. The molecule has 3 rings (SSSR count). The monoisotopic (exact) mass is 244 g/mol. The summed E-state index contributed by atoms with van der Waals surface area (Å²) in [7, 11) is 0.